The molecule has 0 aliphatic rings. The van der Waals surface area contributed by atoms with Gasteiger partial charge in [-0.2, -0.15) is 0 Å². The normalized spacial score (nSPS) is 10.7. The number of rotatable bonds is 9. The van der Waals surface area contributed by atoms with Crippen LogP contribution >= 0.6 is 24.0 Å². The summed E-state index contributed by atoms with van der Waals surface area (Å²) in [5.41, 5.74) is 2.29. The lowest BCUT2D eigenvalue weighted by Crippen LogP contribution is -2.36. The van der Waals surface area contributed by atoms with Crippen LogP contribution in [0.15, 0.2) is 35.3 Å². The summed E-state index contributed by atoms with van der Waals surface area (Å²) in [7, 11) is 8.36. The average molecular weight is 546 g/mol. The highest BCUT2D eigenvalue weighted by Crippen LogP contribution is 2.38. The molecule has 2 aromatic carbocycles. The van der Waals surface area contributed by atoms with E-state index in [9.17, 15) is 4.39 Å². The Balaban J connectivity index is 0.00000480. The standard InChI is InChI=1S/C22H31FN4O3.HI/c1-7-24-22(25-13-15-8-9-18(27(2)3)17(23)10-15)26-14-16-11-19(28-4)21(30-6)20(12-16)29-5;/h8-12H,7,13-14H2,1-6H3,(H2,24,25,26);1H. The van der Waals surface area contributed by atoms with Crippen LogP contribution in [-0.4, -0.2) is 47.9 Å². The Labute approximate surface area is 201 Å². The van der Waals surface area contributed by atoms with Crippen molar-refractivity contribution in [3.63, 3.8) is 0 Å². The molecule has 0 saturated heterocycles. The molecule has 2 N–H and O–H groups in total. The van der Waals surface area contributed by atoms with Gasteiger partial charge in [0.15, 0.2) is 17.5 Å². The van der Waals surface area contributed by atoms with Crippen LogP contribution in [0.5, 0.6) is 17.2 Å². The minimum absolute atomic E-state index is 0. The molecule has 7 nitrogen and oxygen atoms in total. The second kappa shape index (κ2) is 13.1. The van der Waals surface area contributed by atoms with Gasteiger partial charge in [-0.3, -0.25) is 0 Å². The van der Waals surface area contributed by atoms with Gasteiger partial charge in [-0.15, -0.1) is 24.0 Å². The predicted molar refractivity (Wildman–Crippen MR) is 134 cm³/mol. The Morgan fingerprint density at radius 2 is 1.61 bits per heavy atom. The molecule has 0 saturated carbocycles. The highest BCUT2D eigenvalue weighted by atomic mass is 127. The minimum Gasteiger partial charge on any atom is -0.493 e. The third-order valence-electron chi connectivity index (χ3n) is 4.44. The first kappa shape index (κ1) is 26.6. The number of benzene rings is 2. The molecule has 0 amide bonds. The van der Waals surface area contributed by atoms with Crippen molar-refractivity contribution in [3.05, 3.63) is 47.3 Å². The number of anilines is 1. The smallest absolute Gasteiger partial charge is 0.203 e. The zero-order valence-electron chi connectivity index (χ0n) is 18.9. The van der Waals surface area contributed by atoms with E-state index in [0.717, 1.165) is 11.1 Å². The fourth-order valence-corrected chi connectivity index (χ4v) is 2.95. The van der Waals surface area contributed by atoms with Gasteiger partial charge in [0, 0.05) is 27.2 Å². The first-order chi connectivity index (χ1) is 14.4. The van der Waals surface area contributed by atoms with Crippen molar-refractivity contribution >= 4 is 35.6 Å². The number of nitrogens with zero attached hydrogens (tertiary/aromatic N) is 2. The van der Waals surface area contributed by atoms with Gasteiger partial charge in [0.2, 0.25) is 5.75 Å². The Kier molecular flexibility index (Phi) is 11.2. The highest BCUT2D eigenvalue weighted by Gasteiger charge is 2.13. The molecule has 0 unspecified atom stereocenters. The number of ether oxygens (including phenoxy) is 3. The maximum absolute atomic E-state index is 14.2. The van der Waals surface area contributed by atoms with Crippen LogP contribution in [-0.2, 0) is 13.1 Å². The van der Waals surface area contributed by atoms with Crippen molar-refractivity contribution < 1.29 is 18.6 Å². The lowest BCUT2D eigenvalue weighted by Gasteiger charge is -2.16. The number of hydrogen-bond acceptors (Lipinski definition) is 5. The summed E-state index contributed by atoms with van der Waals surface area (Å²) < 4.78 is 30.3. The molecule has 31 heavy (non-hydrogen) atoms. The third-order valence-corrected chi connectivity index (χ3v) is 4.44. The molecule has 0 aliphatic carbocycles. The number of halogens is 2. The van der Waals surface area contributed by atoms with Gasteiger partial charge < -0.3 is 29.7 Å². The lowest BCUT2D eigenvalue weighted by atomic mass is 10.2. The molecule has 0 spiro atoms. The van der Waals surface area contributed by atoms with Crippen LogP contribution in [0.3, 0.4) is 0 Å². The molecule has 9 heteroatoms. The van der Waals surface area contributed by atoms with Crippen molar-refractivity contribution in [3.8, 4) is 17.2 Å². The summed E-state index contributed by atoms with van der Waals surface area (Å²) in [4.78, 5) is 6.36. The van der Waals surface area contributed by atoms with E-state index >= 15 is 0 Å². The Hall–Kier alpha value is -2.43. The van der Waals surface area contributed by atoms with E-state index in [1.165, 1.54) is 6.07 Å². The number of methoxy groups -OCH3 is 3. The van der Waals surface area contributed by atoms with Crippen molar-refractivity contribution in [1.82, 2.24) is 10.6 Å². The van der Waals surface area contributed by atoms with Crippen LogP contribution in [0, 0.1) is 5.82 Å². The maximum atomic E-state index is 14.2. The zero-order valence-corrected chi connectivity index (χ0v) is 21.2. The monoisotopic (exact) mass is 546 g/mol. The average Bonchev–Trinajstić information content (AvgIpc) is 2.74. The van der Waals surface area contributed by atoms with Crippen LogP contribution in [0.1, 0.15) is 18.1 Å². The Morgan fingerprint density at radius 1 is 0.968 bits per heavy atom. The summed E-state index contributed by atoms with van der Waals surface area (Å²) in [6, 6.07) is 8.93. The van der Waals surface area contributed by atoms with E-state index in [4.69, 9.17) is 14.2 Å². The molecule has 0 aliphatic heterocycles. The molecule has 2 aromatic rings. The molecule has 0 fully saturated rings. The first-order valence-corrected chi connectivity index (χ1v) is 9.70. The highest BCUT2D eigenvalue weighted by molar-refractivity contribution is 14.0. The van der Waals surface area contributed by atoms with Crippen molar-refractivity contribution in [2.75, 3.05) is 46.9 Å². The van der Waals surface area contributed by atoms with Gasteiger partial charge in [-0.05, 0) is 42.3 Å². The van der Waals surface area contributed by atoms with Crippen LogP contribution in [0.25, 0.3) is 0 Å². The van der Waals surface area contributed by atoms with Crippen LogP contribution in [0.2, 0.25) is 0 Å². The van der Waals surface area contributed by atoms with Gasteiger partial charge in [-0.25, -0.2) is 9.38 Å². The summed E-state index contributed by atoms with van der Waals surface area (Å²) in [6.45, 7) is 3.54. The van der Waals surface area contributed by atoms with Gasteiger partial charge in [0.1, 0.15) is 5.82 Å². The van der Waals surface area contributed by atoms with Crippen LogP contribution < -0.4 is 29.7 Å². The van der Waals surface area contributed by atoms with Gasteiger partial charge >= 0.3 is 0 Å². The molecule has 0 heterocycles. The van der Waals surface area contributed by atoms with E-state index < -0.39 is 0 Å². The van der Waals surface area contributed by atoms with Gasteiger partial charge in [-0.1, -0.05) is 6.07 Å². The first-order valence-electron chi connectivity index (χ1n) is 9.70. The summed E-state index contributed by atoms with van der Waals surface area (Å²) in [5, 5.41) is 6.43. The quantitative estimate of drug-likeness (QED) is 0.284. The molecule has 0 radical (unpaired) electrons. The molecular formula is C22H32FIN4O3. The number of hydrogen-bond donors (Lipinski definition) is 2. The zero-order chi connectivity index (χ0) is 22.1. The van der Waals surface area contributed by atoms with Crippen LogP contribution in [0.4, 0.5) is 10.1 Å². The largest absolute Gasteiger partial charge is 0.493 e. The lowest BCUT2D eigenvalue weighted by molar-refractivity contribution is 0.324. The molecule has 172 valence electrons. The number of guanidine groups is 1. The van der Waals surface area contributed by atoms with E-state index in [1.54, 1.807) is 32.3 Å². The SMILES string of the molecule is CCNC(=NCc1cc(OC)c(OC)c(OC)c1)NCc1ccc(N(C)C)c(F)c1.I. The van der Waals surface area contributed by atoms with E-state index in [2.05, 4.69) is 15.6 Å². The summed E-state index contributed by atoms with van der Waals surface area (Å²) in [5.74, 6) is 2.08. The second-order valence-corrected chi connectivity index (χ2v) is 6.76. The third kappa shape index (κ3) is 7.34. The predicted octanol–water partition coefficient (Wildman–Crippen LogP) is 3.79. The topological polar surface area (TPSA) is 67.4 Å². The number of aliphatic imine (C=N–C) groups is 1. The fourth-order valence-electron chi connectivity index (χ4n) is 2.95. The van der Waals surface area contributed by atoms with Gasteiger partial charge in [0.05, 0.1) is 33.6 Å². The summed E-state index contributed by atoms with van der Waals surface area (Å²) >= 11 is 0. The molecular weight excluding hydrogens is 514 g/mol. The fraction of sp³-hybridized carbons (Fsp3) is 0.409. The molecule has 0 atom stereocenters. The molecule has 0 bridgehead atoms. The van der Waals surface area contributed by atoms with Crippen molar-refractivity contribution in [2.24, 2.45) is 4.99 Å². The molecule has 2 rings (SSSR count). The van der Waals surface area contributed by atoms with Gasteiger partial charge in [0.25, 0.3) is 0 Å². The van der Waals surface area contributed by atoms with E-state index in [1.807, 2.05) is 39.2 Å². The number of nitrogens with one attached hydrogen (secondary N) is 2. The van der Waals surface area contributed by atoms with Crippen molar-refractivity contribution in [2.45, 2.75) is 20.0 Å². The van der Waals surface area contributed by atoms with E-state index in [0.29, 0.717) is 48.5 Å². The Morgan fingerprint density at radius 3 is 2.10 bits per heavy atom. The Bertz CT molecular complexity index is 853. The minimum atomic E-state index is -0.251. The summed E-state index contributed by atoms with van der Waals surface area (Å²) in [6.07, 6.45) is 0. The van der Waals surface area contributed by atoms with Crippen molar-refractivity contribution in [1.29, 1.82) is 0 Å². The molecule has 0 aromatic heterocycles. The second-order valence-electron chi connectivity index (χ2n) is 6.76. The maximum Gasteiger partial charge on any atom is 0.203 e. The van der Waals surface area contributed by atoms with E-state index in [-0.39, 0.29) is 29.8 Å².